The van der Waals surface area contributed by atoms with Crippen molar-refractivity contribution in [1.29, 1.82) is 0 Å². The molecule has 0 spiro atoms. The fourth-order valence-electron chi connectivity index (χ4n) is 1.55. The van der Waals surface area contributed by atoms with E-state index in [-0.39, 0.29) is 12.0 Å². The third-order valence-corrected chi connectivity index (χ3v) is 2.43. The van der Waals surface area contributed by atoms with Gasteiger partial charge in [-0.25, -0.2) is 0 Å². The molecule has 0 amide bonds. The first-order valence-electron chi connectivity index (χ1n) is 6.27. The van der Waals surface area contributed by atoms with Gasteiger partial charge >= 0.3 is 5.97 Å². The largest absolute Gasteiger partial charge is 0.465 e. The average Bonchev–Trinajstić information content (AvgIpc) is 2.28. The molecule has 0 aromatic carbocycles. The van der Waals surface area contributed by atoms with Gasteiger partial charge in [0.2, 0.25) is 0 Å². The van der Waals surface area contributed by atoms with Crippen LogP contribution in [0.5, 0.6) is 0 Å². The fraction of sp³-hybridized carbons (Fsp3) is 0.769. The third kappa shape index (κ3) is 7.46. The van der Waals surface area contributed by atoms with E-state index in [2.05, 4.69) is 18.8 Å². The molecular weight excluding hydrogens is 202 g/mol. The molecule has 0 aliphatic carbocycles. The van der Waals surface area contributed by atoms with Crippen molar-refractivity contribution in [2.24, 2.45) is 0 Å². The second kappa shape index (κ2) is 10.7. The summed E-state index contributed by atoms with van der Waals surface area (Å²) in [7, 11) is 0. The average molecular weight is 227 g/mol. The summed E-state index contributed by atoms with van der Waals surface area (Å²) in [6.07, 6.45) is 7.32. The number of rotatable bonds is 10. The molecule has 0 saturated heterocycles. The van der Waals surface area contributed by atoms with Crippen LogP contribution < -0.4 is 5.32 Å². The monoisotopic (exact) mass is 227 g/mol. The molecule has 94 valence electrons. The predicted molar refractivity (Wildman–Crippen MR) is 67.4 cm³/mol. The van der Waals surface area contributed by atoms with Crippen molar-refractivity contribution < 1.29 is 9.53 Å². The van der Waals surface area contributed by atoms with Crippen LogP contribution in [-0.4, -0.2) is 25.2 Å². The zero-order chi connectivity index (χ0) is 12.2. The summed E-state index contributed by atoms with van der Waals surface area (Å²) in [6.45, 7) is 8.74. The number of hydrogen-bond acceptors (Lipinski definition) is 3. The quantitative estimate of drug-likeness (QED) is 0.354. The highest BCUT2D eigenvalue weighted by Crippen LogP contribution is 2.07. The van der Waals surface area contributed by atoms with Crippen LogP contribution in [0.25, 0.3) is 0 Å². The molecule has 3 heteroatoms. The minimum Gasteiger partial charge on any atom is -0.465 e. The van der Waals surface area contributed by atoms with Crippen LogP contribution in [0, 0.1) is 0 Å². The molecule has 1 atom stereocenters. The van der Waals surface area contributed by atoms with Crippen molar-refractivity contribution in [3.63, 3.8) is 0 Å². The molecule has 3 nitrogen and oxygen atoms in total. The number of esters is 1. The van der Waals surface area contributed by atoms with Gasteiger partial charge < -0.3 is 10.1 Å². The molecule has 0 aromatic rings. The summed E-state index contributed by atoms with van der Waals surface area (Å²) in [5.74, 6) is -0.138. The maximum Gasteiger partial charge on any atom is 0.323 e. The Labute approximate surface area is 99.3 Å². The van der Waals surface area contributed by atoms with Crippen molar-refractivity contribution in [2.75, 3.05) is 13.2 Å². The first-order chi connectivity index (χ1) is 7.76. The van der Waals surface area contributed by atoms with Gasteiger partial charge in [0.1, 0.15) is 6.04 Å². The molecule has 0 saturated carbocycles. The second-order valence-electron chi connectivity index (χ2n) is 3.85. The highest BCUT2D eigenvalue weighted by Gasteiger charge is 2.17. The van der Waals surface area contributed by atoms with Crippen LogP contribution in [0.15, 0.2) is 12.7 Å². The number of nitrogens with one attached hydrogen (secondary N) is 1. The summed E-state index contributed by atoms with van der Waals surface area (Å²) in [6, 6.07) is -0.171. The molecule has 0 heterocycles. The van der Waals surface area contributed by atoms with E-state index >= 15 is 0 Å². The van der Waals surface area contributed by atoms with E-state index in [9.17, 15) is 4.79 Å². The van der Waals surface area contributed by atoms with Crippen molar-refractivity contribution in [1.82, 2.24) is 5.32 Å². The van der Waals surface area contributed by atoms with Gasteiger partial charge in [-0.05, 0) is 13.3 Å². The molecule has 0 fully saturated rings. The smallest absolute Gasteiger partial charge is 0.323 e. The first kappa shape index (κ1) is 15.2. The maximum atomic E-state index is 11.6. The number of hydrogen-bond donors (Lipinski definition) is 1. The first-order valence-corrected chi connectivity index (χ1v) is 6.27. The van der Waals surface area contributed by atoms with E-state index in [0.29, 0.717) is 13.2 Å². The molecule has 0 aromatic heterocycles. The molecule has 0 bridgehead atoms. The van der Waals surface area contributed by atoms with Crippen LogP contribution in [-0.2, 0) is 9.53 Å². The Morgan fingerprint density at radius 3 is 2.69 bits per heavy atom. The Bertz CT molecular complexity index is 192. The van der Waals surface area contributed by atoms with Crippen LogP contribution in [0.3, 0.4) is 0 Å². The SMILES string of the molecule is C=CCNC(CCCCCC)C(=O)OCC. The number of carbonyl (C=O) groups excluding carboxylic acids is 1. The molecule has 0 aliphatic rings. The standard InChI is InChI=1S/C13H25NO2/c1-4-7-8-9-10-12(14-11-5-2)13(15)16-6-3/h5,12,14H,2,4,6-11H2,1,3H3. The van der Waals surface area contributed by atoms with Gasteiger partial charge in [-0.2, -0.15) is 0 Å². The lowest BCUT2D eigenvalue weighted by atomic mass is 10.1. The highest BCUT2D eigenvalue weighted by atomic mass is 16.5. The minimum atomic E-state index is -0.171. The summed E-state index contributed by atoms with van der Waals surface area (Å²) in [5, 5.41) is 3.14. The molecule has 16 heavy (non-hydrogen) atoms. The van der Waals surface area contributed by atoms with Crippen molar-refractivity contribution in [3.8, 4) is 0 Å². The zero-order valence-electron chi connectivity index (χ0n) is 10.6. The second-order valence-corrected chi connectivity index (χ2v) is 3.85. The van der Waals surface area contributed by atoms with Gasteiger partial charge in [-0.3, -0.25) is 4.79 Å². The Morgan fingerprint density at radius 1 is 1.38 bits per heavy atom. The number of unbranched alkanes of at least 4 members (excludes halogenated alkanes) is 3. The fourth-order valence-corrected chi connectivity index (χ4v) is 1.55. The lowest BCUT2D eigenvalue weighted by Gasteiger charge is -2.16. The van der Waals surface area contributed by atoms with Gasteiger partial charge in [0.15, 0.2) is 0 Å². The summed E-state index contributed by atoms with van der Waals surface area (Å²) in [5.41, 5.74) is 0. The minimum absolute atomic E-state index is 0.138. The topological polar surface area (TPSA) is 38.3 Å². The lowest BCUT2D eigenvalue weighted by molar-refractivity contribution is -0.145. The summed E-state index contributed by atoms with van der Waals surface area (Å²) < 4.78 is 5.02. The van der Waals surface area contributed by atoms with Crippen LogP contribution >= 0.6 is 0 Å². The van der Waals surface area contributed by atoms with Gasteiger partial charge in [0.25, 0.3) is 0 Å². The van der Waals surface area contributed by atoms with E-state index in [1.807, 2.05) is 6.92 Å². The predicted octanol–water partition coefficient (Wildman–Crippen LogP) is 2.66. The van der Waals surface area contributed by atoms with Gasteiger partial charge in [-0.15, -0.1) is 6.58 Å². The van der Waals surface area contributed by atoms with E-state index < -0.39 is 0 Å². The van der Waals surface area contributed by atoms with Crippen LogP contribution in [0.1, 0.15) is 46.0 Å². The van der Waals surface area contributed by atoms with E-state index in [4.69, 9.17) is 4.74 Å². The van der Waals surface area contributed by atoms with E-state index in [0.717, 1.165) is 12.8 Å². The number of ether oxygens (including phenoxy) is 1. The maximum absolute atomic E-state index is 11.6. The summed E-state index contributed by atoms with van der Waals surface area (Å²) >= 11 is 0. The molecule has 0 rings (SSSR count). The lowest BCUT2D eigenvalue weighted by Crippen LogP contribution is -2.38. The van der Waals surface area contributed by atoms with Gasteiger partial charge in [-0.1, -0.05) is 38.7 Å². The van der Waals surface area contributed by atoms with Gasteiger partial charge in [0.05, 0.1) is 6.61 Å². The van der Waals surface area contributed by atoms with Gasteiger partial charge in [0, 0.05) is 6.54 Å². The summed E-state index contributed by atoms with van der Waals surface area (Å²) in [4.78, 5) is 11.6. The van der Waals surface area contributed by atoms with Crippen molar-refractivity contribution >= 4 is 5.97 Å². The van der Waals surface area contributed by atoms with Crippen molar-refractivity contribution in [2.45, 2.75) is 52.0 Å². The molecule has 1 unspecified atom stereocenters. The van der Waals surface area contributed by atoms with Crippen LogP contribution in [0.4, 0.5) is 0 Å². The Morgan fingerprint density at radius 2 is 2.12 bits per heavy atom. The molecule has 1 N–H and O–H groups in total. The third-order valence-electron chi connectivity index (χ3n) is 2.43. The number of carbonyl (C=O) groups is 1. The molecule has 0 radical (unpaired) electrons. The Balaban J connectivity index is 3.88. The Kier molecular flexibility index (Phi) is 10.1. The molecular formula is C13H25NO2. The normalized spacial score (nSPS) is 12.1. The highest BCUT2D eigenvalue weighted by molar-refractivity contribution is 5.75. The van der Waals surface area contributed by atoms with Crippen LogP contribution in [0.2, 0.25) is 0 Å². The van der Waals surface area contributed by atoms with E-state index in [1.165, 1.54) is 19.3 Å². The zero-order valence-corrected chi connectivity index (χ0v) is 10.6. The Hall–Kier alpha value is -0.830. The van der Waals surface area contributed by atoms with E-state index in [1.54, 1.807) is 6.08 Å². The van der Waals surface area contributed by atoms with Crippen molar-refractivity contribution in [3.05, 3.63) is 12.7 Å². The molecule has 0 aliphatic heterocycles.